The molecule has 1 amide bonds. The molecule has 0 spiro atoms. The van der Waals surface area contributed by atoms with E-state index in [0.717, 1.165) is 57.9 Å². The molecule has 1 aromatic carbocycles. The second kappa shape index (κ2) is 9.43. The fourth-order valence-electron chi connectivity index (χ4n) is 2.40. The van der Waals surface area contributed by atoms with E-state index in [1.54, 1.807) is 0 Å². The number of hydrogen-bond donors (Lipinski definition) is 2. The molecule has 0 saturated carbocycles. The smallest absolute Gasteiger partial charge is 0.251 e. The Kier molecular flexibility index (Phi) is 7.19. The number of hydrogen-bond acceptors (Lipinski definition) is 4. The molecule has 2 N–H and O–H groups in total. The molecule has 5 heteroatoms. The zero-order valence-corrected chi connectivity index (χ0v) is 13.4. The van der Waals surface area contributed by atoms with Gasteiger partial charge >= 0.3 is 0 Å². The molecular formula is C17H27N3O2. The van der Waals surface area contributed by atoms with E-state index in [2.05, 4.69) is 22.5 Å². The van der Waals surface area contributed by atoms with Crippen LogP contribution in [-0.2, 0) is 0 Å². The van der Waals surface area contributed by atoms with Gasteiger partial charge in [-0.15, -0.1) is 0 Å². The van der Waals surface area contributed by atoms with Crippen molar-refractivity contribution in [3.05, 3.63) is 29.8 Å². The number of nitrogens with zero attached hydrogens (tertiary/aromatic N) is 1. The summed E-state index contributed by atoms with van der Waals surface area (Å²) in [5, 5.41) is 6.30. The van der Waals surface area contributed by atoms with Gasteiger partial charge < -0.3 is 15.4 Å². The molecule has 0 bridgehead atoms. The van der Waals surface area contributed by atoms with Crippen LogP contribution in [0, 0.1) is 0 Å². The third-order valence-electron chi connectivity index (χ3n) is 3.81. The summed E-state index contributed by atoms with van der Waals surface area (Å²) in [7, 11) is 0. The van der Waals surface area contributed by atoms with Crippen molar-refractivity contribution in [2.75, 3.05) is 45.9 Å². The highest BCUT2D eigenvalue weighted by Crippen LogP contribution is 2.12. The average Bonchev–Trinajstić information content (AvgIpc) is 2.56. The predicted octanol–water partition coefficient (Wildman–Crippen LogP) is 1.50. The zero-order chi connectivity index (χ0) is 15.6. The maximum absolute atomic E-state index is 12.1. The fourth-order valence-corrected chi connectivity index (χ4v) is 2.40. The minimum absolute atomic E-state index is 0.0183. The first kappa shape index (κ1) is 16.8. The van der Waals surface area contributed by atoms with Gasteiger partial charge in [0.1, 0.15) is 5.75 Å². The van der Waals surface area contributed by atoms with E-state index in [0.29, 0.717) is 12.1 Å². The molecule has 1 fully saturated rings. The van der Waals surface area contributed by atoms with E-state index >= 15 is 0 Å². The number of carbonyl (C=O) groups excluding carboxylic acids is 1. The molecule has 1 heterocycles. The Morgan fingerprint density at radius 2 is 2.00 bits per heavy atom. The maximum atomic E-state index is 12.1. The minimum atomic E-state index is -0.0183. The topological polar surface area (TPSA) is 53.6 Å². The first-order chi connectivity index (χ1) is 10.8. The van der Waals surface area contributed by atoms with Crippen molar-refractivity contribution in [1.82, 2.24) is 15.5 Å². The molecule has 1 aliphatic rings. The first-order valence-corrected chi connectivity index (χ1v) is 8.23. The summed E-state index contributed by atoms with van der Waals surface area (Å²) in [5.74, 6) is 0.807. The van der Waals surface area contributed by atoms with E-state index in [4.69, 9.17) is 4.74 Å². The molecule has 1 saturated heterocycles. The monoisotopic (exact) mass is 305 g/mol. The molecule has 122 valence electrons. The summed E-state index contributed by atoms with van der Waals surface area (Å²) >= 11 is 0. The molecule has 2 rings (SSSR count). The molecule has 0 atom stereocenters. The molecule has 0 radical (unpaired) electrons. The van der Waals surface area contributed by atoms with Crippen LogP contribution in [0.15, 0.2) is 24.3 Å². The Morgan fingerprint density at radius 1 is 1.27 bits per heavy atom. The van der Waals surface area contributed by atoms with Crippen LogP contribution in [0.4, 0.5) is 0 Å². The second-order valence-electron chi connectivity index (χ2n) is 5.57. The van der Waals surface area contributed by atoms with Gasteiger partial charge in [-0.25, -0.2) is 0 Å². The van der Waals surface area contributed by atoms with Gasteiger partial charge in [0.15, 0.2) is 0 Å². The Balaban J connectivity index is 1.70. The molecular weight excluding hydrogens is 278 g/mol. The number of ether oxygens (including phenoxy) is 1. The second-order valence-corrected chi connectivity index (χ2v) is 5.57. The molecule has 22 heavy (non-hydrogen) atoms. The number of nitrogens with one attached hydrogen (secondary N) is 2. The summed E-state index contributed by atoms with van der Waals surface area (Å²) in [6, 6.07) is 7.37. The van der Waals surface area contributed by atoms with Crippen LogP contribution in [-0.4, -0.2) is 56.7 Å². The highest BCUT2D eigenvalue weighted by Gasteiger charge is 2.10. The zero-order valence-electron chi connectivity index (χ0n) is 13.4. The number of piperazine rings is 1. The van der Waals surface area contributed by atoms with Crippen LogP contribution in [0.2, 0.25) is 0 Å². The van der Waals surface area contributed by atoms with Gasteiger partial charge in [0, 0.05) is 44.8 Å². The number of benzene rings is 1. The van der Waals surface area contributed by atoms with Crippen LogP contribution >= 0.6 is 0 Å². The van der Waals surface area contributed by atoms with E-state index < -0.39 is 0 Å². The van der Waals surface area contributed by atoms with Crippen molar-refractivity contribution in [2.45, 2.75) is 19.8 Å². The highest BCUT2D eigenvalue weighted by molar-refractivity contribution is 5.94. The number of unbranched alkanes of at least 4 members (excludes halogenated alkanes) is 1. The third kappa shape index (κ3) is 5.66. The quantitative estimate of drug-likeness (QED) is 0.715. The van der Waals surface area contributed by atoms with Crippen molar-refractivity contribution in [2.24, 2.45) is 0 Å². The lowest BCUT2D eigenvalue weighted by molar-refractivity contribution is 0.0947. The summed E-state index contributed by atoms with van der Waals surface area (Å²) in [6.45, 7) is 8.64. The SMILES string of the molecule is CCCCOc1ccc(C(=O)NCCN2CCNCC2)cc1. The summed E-state index contributed by atoms with van der Waals surface area (Å²) in [6.07, 6.45) is 2.17. The van der Waals surface area contributed by atoms with E-state index in [9.17, 15) is 4.79 Å². The summed E-state index contributed by atoms with van der Waals surface area (Å²) < 4.78 is 5.60. The van der Waals surface area contributed by atoms with Crippen LogP contribution in [0.5, 0.6) is 5.75 Å². The number of rotatable bonds is 8. The molecule has 1 aromatic rings. The van der Waals surface area contributed by atoms with Crippen molar-refractivity contribution < 1.29 is 9.53 Å². The Morgan fingerprint density at radius 3 is 2.68 bits per heavy atom. The first-order valence-electron chi connectivity index (χ1n) is 8.23. The highest BCUT2D eigenvalue weighted by atomic mass is 16.5. The van der Waals surface area contributed by atoms with Gasteiger partial charge in [-0.2, -0.15) is 0 Å². The molecule has 0 unspecified atom stereocenters. The van der Waals surface area contributed by atoms with Crippen LogP contribution < -0.4 is 15.4 Å². The Bertz CT molecular complexity index is 442. The van der Waals surface area contributed by atoms with Gasteiger partial charge in [0.25, 0.3) is 5.91 Å². The Labute approximate surface area is 133 Å². The third-order valence-corrected chi connectivity index (χ3v) is 3.81. The van der Waals surface area contributed by atoms with E-state index in [1.165, 1.54) is 0 Å². The van der Waals surface area contributed by atoms with Crippen molar-refractivity contribution >= 4 is 5.91 Å². The lowest BCUT2D eigenvalue weighted by Crippen LogP contribution is -2.46. The standard InChI is InChI=1S/C17H27N3O2/c1-2-3-14-22-16-6-4-15(5-7-16)17(21)19-10-13-20-11-8-18-9-12-20/h4-7,18H,2-3,8-14H2,1H3,(H,19,21). The van der Waals surface area contributed by atoms with Crippen LogP contribution in [0.25, 0.3) is 0 Å². The maximum Gasteiger partial charge on any atom is 0.251 e. The van der Waals surface area contributed by atoms with Gasteiger partial charge in [-0.1, -0.05) is 13.3 Å². The minimum Gasteiger partial charge on any atom is -0.494 e. The Hall–Kier alpha value is -1.59. The number of carbonyl (C=O) groups is 1. The molecule has 0 aromatic heterocycles. The van der Waals surface area contributed by atoms with Crippen LogP contribution in [0.1, 0.15) is 30.1 Å². The van der Waals surface area contributed by atoms with Crippen molar-refractivity contribution in [3.63, 3.8) is 0 Å². The van der Waals surface area contributed by atoms with Gasteiger partial charge in [0.2, 0.25) is 0 Å². The number of amides is 1. The average molecular weight is 305 g/mol. The van der Waals surface area contributed by atoms with E-state index in [-0.39, 0.29) is 5.91 Å². The largest absolute Gasteiger partial charge is 0.494 e. The van der Waals surface area contributed by atoms with Crippen LogP contribution in [0.3, 0.4) is 0 Å². The van der Waals surface area contributed by atoms with Crippen molar-refractivity contribution in [3.8, 4) is 5.75 Å². The van der Waals surface area contributed by atoms with Crippen molar-refractivity contribution in [1.29, 1.82) is 0 Å². The lowest BCUT2D eigenvalue weighted by Gasteiger charge is -2.27. The summed E-state index contributed by atoms with van der Waals surface area (Å²) in [5.41, 5.74) is 0.683. The van der Waals surface area contributed by atoms with E-state index in [1.807, 2.05) is 24.3 Å². The molecule has 5 nitrogen and oxygen atoms in total. The molecule has 1 aliphatic heterocycles. The van der Waals surface area contributed by atoms with Gasteiger partial charge in [0.05, 0.1) is 6.61 Å². The van der Waals surface area contributed by atoms with Gasteiger partial charge in [-0.05, 0) is 30.7 Å². The molecule has 0 aliphatic carbocycles. The van der Waals surface area contributed by atoms with Gasteiger partial charge in [-0.3, -0.25) is 9.69 Å². The fraction of sp³-hybridized carbons (Fsp3) is 0.588. The predicted molar refractivity (Wildman–Crippen MR) is 88.5 cm³/mol. The lowest BCUT2D eigenvalue weighted by atomic mass is 10.2. The summed E-state index contributed by atoms with van der Waals surface area (Å²) in [4.78, 5) is 14.4. The normalized spacial score (nSPS) is 15.5.